The third kappa shape index (κ3) is 2.99. The van der Waals surface area contributed by atoms with E-state index in [9.17, 15) is 23.7 Å². The van der Waals surface area contributed by atoms with Gasteiger partial charge in [0.2, 0.25) is 0 Å². The fourth-order valence-corrected chi connectivity index (χ4v) is 1.78. The summed E-state index contributed by atoms with van der Waals surface area (Å²) in [6, 6.07) is 0.335. The SMILES string of the molecule is O=C(Nc1c(F)cc(F)cc1[N+](=O)[O-])N1CCOCC1. The number of halogens is 2. The summed E-state index contributed by atoms with van der Waals surface area (Å²) < 4.78 is 31.6. The van der Waals surface area contributed by atoms with Gasteiger partial charge in [-0.05, 0) is 0 Å². The summed E-state index contributed by atoms with van der Waals surface area (Å²) in [4.78, 5) is 23.0. The van der Waals surface area contributed by atoms with Crippen molar-refractivity contribution in [3.05, 3.63) is 33.9 Å². The fraction of sp³-hybridized carbons (Fsp3) is 0.364. The molecule has 0 unspecified atom stereocenters. The Hall–Kier alpha value is -2.29. The van der Waals surface area contributed by atoms with Gasteiger partial charge in [0, 0.05) is 19.2 Å². The van der Waals surface area contributed by atoms with Crippen LogP contribution in [-0.4, -0.2) is 42.2 Å². The molecule has 1 fully saturated rings. The van der Waals surface area contributed by atoms with E-state index < -0.39 is 34.0 Å². The topological polar surface area (TPSA) is 84.7 Å². The highest BCUT2D eigenvalue weighted by Gasteiger charge is 2.25. The summed E-state index contributed by atoms with van der Waals surface area (Å²) >= 11 is 0. The average molecular weight is 287 g/mol. The number of nitro benzene ring substituents is 1. The number of nitrogens with zero attached hydrogens (tertiary/aromatic N) is 2. The third-order valence-electron chi connectivity index (χ3n) is 2.76. The van der Waals surface area contributed by atoms with Gasteiger partial charge in [-0.15, -0.1) is 0 Å². The van der Waals surface area contributed by atoms with Crippen LogP contribution in [0.15, 0.2) is 12.1 Å². The number of nitro groups is 1. The van der Waals surface area contributed by atoms with Gasteiger partial charge in [0.25, 0.3) is 5.69 Å². The van der Waals surface area contributed by atoms with Crippen molar-refractivity contribution >= 4 is 17.4 Å². The lowest BCUT2D eigenvalue weighted by Crippen LogP contribution is -2.43. The van der Waals surface area contributed by atoms with Gasteiger partial charge in [-0.1, -0.05) is 0 Å². The van der Waals surface area contributed by atoms with Gasteiger partial charge in [0.05, 0.1) is 24.2 Å². The van der Waals surface area contributed by atoms with Gasteiger partial charge in [-0.3, -0.25) is 15.4 Å². The fourth-order valence-electron chi connectivity index (χ4n) is 1.78. The van der Waals surface area contributed by atoms with E-state index in [4.69, 9.17) is 4.74 Å². The number of carbonyl (C=O) groups is 1. The molecular weight excluding hydrogens is 276 g/mol. The van der Waals surface area contributed by atoms with Crippen LogP contribution in [0.2, 0.25) is 0 Å². The van der Waals surface area contributed by atoms with Crippen LogP contribution in [0.25, 0.3) is 0 Å². The standard InChI is InChI=1S/C11H11F2N3O4/c12-7-5-8(13)10(9(6-7)16(18)19)14-11(17)15-1-3-20-4-2-15/h5-6H,1-4H2,(H,14,17). The van der Waals surface area contributed by atoms with E-state index in [1.807, 2.05) is 0 Å². The van der Waals surface area contributed by atoms with Gasteiger partial charge in [-0.2, -0.15) is 0 Å². The van der Waals surface area contributed by atoms with Crippen LogP contribution in [0.5, 0.6) is 0 Å². The first-order valence-electron chi connectivity index (χ1n) is 5.76. The van der Waals surface area contributed by atoms with Crippen LogP contribution >= 0.6 is 0 Å². The number of nitrogens with one attached hydrogen (secondary N) is 1. The molecule has 9 heteroatoms. The number of hydrogen-bond donors (Lipinski definition) is 1. The molecule has 20 heavy (non-hydrogen) atoms. The summed E-state index contributed by atoms with van der Waals surface area (Å²) in [5, 5.41) is 12.9. The molecule has 0 aliphatic carbocycles. The zero-order valence-electron chi connectivity index (χ0n) is 10.3. The molecule has 0 radical (unpaired) electrons. The molecule has 1 N–H and O–H groups in total. The van der Waals surface area contributed by atoms with Crippen LogP contribution in [-0.2, 0) is 4.74 Å². The highest BCUT2D eigenvalue weighted by molar-refractivity contribution is 5.92. The molecule has 1 heterocycles. The lowest BCUT2D eigenvalue weighted by atomic mass is 10.2. The van der Waals surface area contributed by atoms with Crippen molar-refractivity contribution in [2.75, 3.05) is 31.6 Å². The first-order chi connectivity index (χ1) is 9.49. The number of rotatable bonds is 2. The van der Waals surface area contributed by atoms with Crippen molar-refractivity contribution in [2.24, 2.45) is 0 Å². The maximum atomic E-state index is 13.6. The van der Waals surface area contributed by atoms with Crippen LogP contribution < -0.4 is 5.32 Å². The second kappa shape index (κ2) is 5.78. The number of amides is 2. The van der Waals surface area contributed by atoms with Gasteiger partial charge in [0.1, 0.15) is 5.82 Å². The first kappa shape index (κ1) is 14.1. The Labute approximate surface area is 112 Å². The summed E-state index contributed by atoms with van der Waals surface area (Å²) in [6.07, 6.45) is 0. The van der Waals surface area contributed by atoms with Gasteiger partial charge in [-0.25, -0.2) is 13.6 Å². The van der Waals surface area contributed by atoms with Crippen molar-refractivity contribution in [3.63, 3.8) is 0 Å². The molecular formula is C11H11F2N3O4. The maximum Gasteiger partial charge on any atom is 0.322 e. The van der Waals surface area contributed by atoms with Crippen LogP contribution in [0, 0.1) is 21.7 Å². The van der Waals surface area contributed by atoms with Gasteiger partial charge in [0.15, 0.2) is 11.5 Å². The van der Waals surface area contributed by atoms with E-state index in [-0.39, 0.29) is 0 Å². The van der Waals surface area contributed by atoms with E-state index in [0.29, 0.717) is 38.4 Å². The summed E-state index contributed by atoms with van der Waals surface area (Å²) in [6.45, 7) is 1.26. The normalized spacial score (nSPS) is 15.0. The number of morpholine rings is 1. The predicted molar refractivity (Wildman–Crippen MR) is 64.4 cm³/mol. The molecule has 0 saturated carbocycles. The van der Waals surface area contributed by atoms with E-state index in [1.54, 1.807) is 0 Å². The average Bonchev–Trinajstić information content (AvgIpc) is 2.42. The molecule has 1 aromatic rings. The third-order valence-corrected chi connectivity index (χ3v) is 2.76. The molecule has 7 nitrogen and oxygen atoms in total. The Morgan fingerprint density at radius 1 is 1.35 bits per heavy atom. The number of benzene rings is 1. The molecule has 2 amide bonds. The molecule has 2 rings (SSSR count). The number of hydrogen-bond acceptors (Lipinski definition) is 4. The minimum atomic E-state index is -1.20. The molecule has 1 aromatic carbocycles. The number of ether oxygens (including phenoxy) is 1. The van der Waals surface area contributed by atoms with Crippen molar-refractivity contribution < 1.29 is 23.2 Å². The lowest BCUT2D eigenvalue weighted by Gasteiger charge is -2.26. The number of carbonyl (C=O) groups excluding carboxylic acids is 1. The first-order valence-corrected chi connectivity index (χ1v) is 5.76. The number of urea groups is 1. The Balaban J connectivity index is 2.23. The zero-order valence-corrected chi connectivity index (χ0v) is 10.3. The molecule has 0 atom stereocenters. The van der Waals surface area contributed by atoms with Crippen molar-refractivity contribution in [1.82, 2.24) is 4.90 Å². The molecule has 1 aliphatic heterocycles. The Bertz CT molecular complexity index is 547. The molecule has 1 saturated heterocycles. The Kier molecular flexibility index (Phi) is 4.08. The molecule has 0 aromatic heterocycles. The van der Waals surface area contributed by atoms with Gasteiger partial charge >= 0.3 is 6.03 Å². The minimum Gasteiger partial charge on any atom is -0.378 e. The van der Waals surface area contributed by atoms with E-state index in [1.165, 1.54) is 4.90 Å². The molecule has 108 valence electrons. The summed E-state index contributed by atoms with van der Waals surface area (Å²) in [5.41, 5.74) is -1.47. The van der Waals surface area contributed by atoms with Crippen LogP contribution in [0.1, 0.15) is 0 Å². The van der Waals surface area contributed by atoms with E-state index in [0.717, 1.165) is 0 Å². The quantitative estimate of drug-likeness (QED) is 0.663. The maximum absolute atomic E-state index is 13.6. The van der Waals surface area contributed by atoms with E-state index in [2.05, 4.69) is 5.32 Å². The number of anilines is 1. The second-order valence-corrected chi connectivity index (χ2v) is 4.07. The Morgan fingerprint density at radius 3 is 2.60 bits per heavy atom. The van der Waals surface area contributed by atoms with Crippen molar-refractivity contribution in [3.8, 4) is 0 Å². The van der Waals surface area contributed by atoms with Crippen LogP contribution in [0.4, 0.5) is 25.0 Å². The smallest absolute Gasteiger partial charge is 0.322 e. The molecule has 1 aliphatic rings. The van der Waals surface area contributed by atoms with Crippen molar-refractivity contribution in [1.29, 1.82) is 0 Å². The van der Waals surface area contributed by atoms with E-state index >= 15 is 0 Å². The van der Waals surface area contributed by atoms with Crippen LogP contribution in [0.3, 0.4) is 0 Å². The highest BCUT2D eigenvalue weighted by Crippen LogP contribution is 2.28. The second-order valence-electron chi connectivity index (χ2n) is 4.07. The summed E-state index contributed by atoms with van der Waals surface area (Å²) in [5.74, 6) is -2.28. The minimum absolute atomic E-state index is 0.294. The predicted octanol–water partition coefficient (Wildman–Crippen LogP) is 1.74. The highest BCUT2D eigenvalue weighted by atomic mass is 19.1. The van der Waals surface area contributed by atoms with Crippen molar-refractivity contribution in [2.45, 2.75) is 0 Å². The molecule has 0 bridgehead atoms. The lowest BCUT2D eigenvalue weighted by molar-refractivity contribution is -0.384. The monoisotopic (exact) mass is 287 g/mol. The Morgan fingerprint density at radius 2 is 2.00 bits per heavy atom. The zero-order chi connectivity index (χ0) is 14.7. The largest absolute Gasteiger partial charge is 0.378 e. The summed E-state index contributed by atoms with van der Waals surface area (Å²) in [7, 11) is 0. The molecule has 0 spiro atoms. The van der Waals surface area contributed by atoms with Gasteiger partial charge < -0.3 is 9.64 Å².